The summed E-state index contributed by atoms with van der Waals surface area (Å²) in [5, 5.41) is 4.24. The SMILES string of the molecule is CCOc1ccc(C(C)=NNC(=O)C2CC2c2ccccc2)cc1. The lowest BCUT2D eigenvalue weighted by atomic mass is 10.1. The summed E-state index contributed by atoms with van der Waals surface area (Å²) in [6.45, 7) is 4.49. The Balaban J connectivity index is 1.56. The molecule has 4 nitrogen and oxygen atoms in total. The molecule has 1 aliphatic rings. The molecule has 0 saturated heterocycles. The van der Waals surface area contributed by atoms with Crippen LogP contribution in [0.15, 0.2) is 59.7 Å². The third-order valence-electron chi connectivity index (χ3n) is 4.27. The van der Waals surface area contributed by atoms with Crippen LogP contribution in [0.4, 0.5) is 0 Å². The van der Waals surface area contributed by atoms with E-state index in [1.54, 1.807) is 0 Å². The van der Waals surface area contributed by atoms with Crippen molar-refractivity contribution in [2.45, 2.75) is 26.2 Å². The first-order valence-corrected chi connectivity index (χ1v) is 8.31. The summed E-state index contributed by atoms with van der Waals surface area (Å²) < 4.78 is 5.42. The highest BCUT2D eigenvalue weighted by Gasteiger charge is 2.43. The smallest absolute Gasteiger partial charge is 0.243 e. The summed E-state index contributed by atoms with van der Waals surface area (Å²) in [5.74, 6) is 1.19. The van der Waals surface area contributed by atoms with Crippen LogP contribution < -0.4 is 10.2 Å². The van der Waals surface area contributed by atoms with Crippen molar-refractivity contribution in [2.24, 2.45) is 11.0 Å². The van der Waals surface area contributed by atoms with Crippen LogP contribution in [0.25, 0.3) is 0 Å². The minimum atomic E-state index is -0.00543. The molecule has 4 heteroatoms. The van der Waals surface area contributed by atoms with E-state index in [2.05, 4.69) is 22.7 Å². The summed E-state index contributed by atoms with van der Waals surface area (Å²) in [4.78, 5) is 12.2. The molecule has 1 saturated carbocycles. The van der Waals surface area contributed by atoms with Crippen LogP contribution in [0, 0.1) is 5.92 Å². The fourth-order valence-electron chi connectivity index (χ4n) is 2.80. The minimum Gasteiger partial charge on any atom is -0.494 e. The van der Waals surface area contributed by atoms with Gasteiger partial charge in [0.15, 0.2) is 0 Å². The van der Waals surface area contributed by atoms with Crippen molar-refractivity contribution in [3.05, 3.63) is 65.7 Å². The molecule has 0 aliphatic heterocycles. The highest BCUT2D eigenvalue weighted by atomic mass is 16.5. The normalized spacial score (nSPS) is 19.7. The third kappa shape index (κ3) is 3.82. The maximum Gasteiger partial charge on any atom is 0.243 e. The molecule has 1 amide bonds. The lowest BCUT2D eigenvalue weighted by Crippen LogP contribution is -2.21. The molecule has 2 atom stereocenters. The molecule has 24 heavy (non-hydrogen) atoms. The maximum absolute atomic E-state index is 12.2. The van der Waals surface area contributed by atoms with E-state index in [0.29, 0.717) is 12.5 Å². The number of hydrogen-bond acceptors (Lipinski definition) is 3. The van der Waals surface area contributed by atoms with Crippen molar-refractivity contribution in [2.75, 3.05) is 6.61 Å². The van der Waals surface area contributed by atoms with Crippen LogP contribution in [0.5, 0.6) is 5.75 Å². The third-order valence-corrected chi connectivity index (χ3v) is 4.27. The fourth-order valence-corrected chi connectivity index (χ4v) is 2.80. The van der Waals surface area contributed by atoms with Gasteiger partial charge in [0.05, 0.1) is 12.3 Å². The van der Waals surface area contributed by atoms with E-state index in [0.717, 1.165) is 23.4 Å². The molecule has 0 heterocycles. The fraction of sp³-hybridized carbons (Fsp3) is 0.300. The number of nitrogens with one attached hydrogen (secondary N) is 1. The molecule has 1 N–H and O–H groups in total. The van der Waals surface area contributed by atoms with E-state index in [1.807, 2.05) is 56.3 Å². The quantitative estimate of drug-likeness (QED) is 0.651. The first kappa shape index (κ1) is 16.2. The zero-order valence-corrected chi connectivity index (χ0v) is 14.0. The Morgan fingerprint density at radius 1 is 1.17 bits per heavy atom. The Labute approximate surface area is 142 Å². The van der Waals surface area contributed by atoms with Crippen LogP contribution in [0.3, 0.4) is 0 Å². The second kappa shape index (κ2) is 7.30. The zero-order chi connectivity index (χ0) is 16.9. The summed E-state index contributed by atoms with van der Waals surface area (Å²) in [6, 6.07) is 17.9. The number of carbonyl (C=O) groups is 1. The van der Waals surface area contributed by atoms with Crippen molar-refractivity contribution >= 4 is 11.6 Å². The van der Waals surface area contributed by atoms with Crippen molar-refractivity contribution in [3.8, 4) is 5.75 Å². The number of ether oxygens (including phenoxy) is 1. The van der Waals surface area contributed by atoms with E-state index in [1.165, 1.54) is 5.56 Å². The molecule has 3 rings (SSSR count). The van der Waals surface area contributed by atoms with Crippen molar-refractivity contribution in [1.29, 1.82) is 0 Å². The minimum absolute atomic E-state index is 0.00543. The number of hydrazone groups is 1. The number of nitrogens with zero attached hydrogens (tertiary/aromatic N) is 1. The van der Waals surface area contributed by atoms with Crippen LogP contribution in [0.2, 0.25) is 0 Å². The Morgan fingerprint density at radius 2 is 1.88 bits per heavy atom. The Bertz CT molecular complexity index is 723. The molecule has 124 valence electrons. The predicted molar refractivity (Wildman–Crippen MR) is 95.3 cm³/mol. The Morgan fingerprint density at radius 3 is 2.54 bits per heavy atom. The van der Waals surface area contributed by atoms with Gasteiger partial charge in [0.2, 0.25) is 5.91 Å². The standard InChI is InChI=1S/C20H22N2O2/c1-3-24-17-11-9-15(10-12-17)14(2)21-22-20(23)19-13-18(19)16-7-5-4-6-8-16/h4-12,18-19H,3,13H2,1-2H3,(H,22,23). The highest BCUT2D eigenvalue weighted by Crippen LogP contribution is 2.47. The number of hydrogen-bond donors (Lipinski definition) is 1. The summed E-state index contributed by atoms with van der Waals surface area (Å²) in [5.41, 5.74) is 5.67. The molecule has 1 aliphatic carbocycles. The van der Waals surface area contributed by atoms with Crippen LogP contribution >= 0.6 is 0 Å². The average molecular weight is 322 g/mol. The van der Waals surface area contributed by atoms with Crippen LogP contribution in [-0.2, 0) is 4.79 Å². The van der Waals surface area contributed by atoms with Gasteiger partial charge >= 0.3 is 0 Å². The van der Waals surface area contributed by atoms with E-state index in [-0.39, 0.29) is 11.8 Å². The Hall–Kier alpha value is -2.62. The molecule has 1 fully saturated rings. The molecule has 0 radical (unpaired) electrons. The predicted octanol–water partition coefficient (Wildman–Crippen LogP) is 3.73. The van der Waals surface area contributed by atoms with Gasteiger partial charge in [-0.15, -0.1) is 0 Å². The van der Waals surface area contributed by atoms with Gasteiger partial charge in [-0.25, -0.2) is 5.43 Å². The van der Waals surface area contributed by atoms with Crippen molar-refractivity contribution in [1.82, 2.24) is 5.43 Å². The number of amides is 1. The topological polar surface area (TPSA) is 50.7 Å². The van der Waals surface area contributed by atoms with Gasteiger partial charge in [0.25, 0.3) is 0 Å². The van der Waals surface area contributed by atoms with Gasteiger partial charge in [0.1, 0.15) is 5.75 Å². The van der Waals surface area contributed by atoms with Gasteiger partial charge in [-0.2, -0.15) is 5.10 Å². The maximum atomic E-state index is 12.2. The van der Waals surface area contributed by atoms with Crippen LogP contribution in [-0.4, -0.2) is 18.2 Å². The average Bonchev–Trinajstić information content (AvgIpc) is 3.42. The zero-order valence-electron chi connectivity index (χ0n) is 14.0. The lowest BCUT2D eigenvalue weighted by Gasteiger charge is -2.05. The highest BCUT2D eigenvalue weighted by molar-refractivity contribution is 5.99. The largest absolute Gasteiger partial charge is 0.494 e. The second-order valence-corrected chi connectivity index (χ2v) is 5.99. The molecule has 0 spiro atoms. The number of rotatable bonds is 6. The monoisotopic (exact) mass is 322 g/mol. The molecular weight excluding hydrogens is 300 g/mol. The molecule has 2 unspecified atom stereocenters. The first-order chi connectivity index (χ1) is 11.7. The molecule has 2 aromatic rings. The Kier molecular flexibility index (Phi) is 4.94. The summed E-state index contributed by atoms with van der Waals surface area (Å²) >= 11 is 0. The van der Waals surface area contributed by atoms with Gasteiger partial charge in [0, 0.05) is 5.92 Å². The second-order valence-electron chi connectivity index (χ2n) is 5.99. The van der Waals surface area contributed by atoms with Gasteiger partial charge in [-0.05, 0) is 61.6 Å². The molecular formula is C20H22N2O2. The summed E-state index contributed by atoms with van der Waals surface area (Å²) in [6.07, 6.45) is 0.896. The lowest BCUT2D eigenvalue weighted by molar-refractivity contribution is -0.122. The van der Waals surface area contributed by atoms with Crippen molar-refractivity contribution in [3.63, 3.8) is 0 Å². The van der Waals surface area contributed by atoms with Gasteiger partial charge in [-0.1, -0.05) is 30.3 Å². The number of carbonyl (C=O) groups excluding carboxylic acids is 1. The van der Waals surface area contributed by atoms with E-state index in [9.17, 15) is 4.79 Å². The number of benzene rings is 2. The van der Waals surface area contributed by atoms with E-state index in [4.69, 9.17) is 4.74 Å². The summed E-state index contributed by atoms with van der Waals surface area (Å²) in [7, 11) is 0. The molecule has 0 bridgehead atoms. The van der Waals surface area contributed by atoms with Gasteiger partial charge < -0.3 is 4.74 Å². The first-order valence-electron chi connectivity index (χ1n) is 8.31. The van der Waals surface area contributed by atoms with Crippen LogP contribution in [0.1, 0.15) is 37.3 Å². The van der Waals surface area contributed by atoms with Gasteiger partial charge in [-0.3, -0.25) is 4.79 Å². The van der Waals surface area contributed by atoms with Crippen molar-refractivity contribution < 1.29 is 9.53 Å². The molecule has 2 aromatic carbocycles. The molecule has 0 aromatic heterocycles. The van der Waals surface area contributed by atoms with E-state index < -0.39 is 0 Å². The van der Waals surface area contributed by atoms with E-state index >= 15 is 0 Å².